The maximum Gasteiger partial charge on any atom is 0.152 e. The van der Waals surface area contributed by atoms with Crippen molar-refractivity contribution in [2.75, 3.05) is 5.73 Å². The Morgan fingerprint density at radius 3 is 2.38 bits per heavy atom. The van der Waals surface area contributed by atoms with Crippen LogP contribution in [0.15, 0.2) is 5.16 Å². The van der Waals surface area contributed by atoms with Crippen LogP contribution in [-0.2, 0) is 0 Å². The summed E-state index contributed by atoms with van der Waals surface area (Å²) < 4.78 is 0. The number of aromatic amines is 1. The van der Waals surface area contributed by atoms with Crippen molar-refractivity contribution in [3.8, 4) is 0 Å². The molecule has 0 saturated heterocycles. The van der Waals surface area contributed by atoms with Gasteiger partial charge >= 0.3 is 0 Å². The van der Waals surface area contributed by atoms with Crippen LogP contribution in [-0.4, -0.2) is 10.2 Å². The molecular weight excluding hydrogens is 188 g/mol. The van der Waals surface area contributed by atoms with Crippen LogP contribution in [0.25, 0.3) is 6.08 Å². The van der Waals surface area contributed by atoms with E-state index in [1.807, 2.05) is 20.8 Å². The summed E-state index contributed by atoms with van der Waals surface area (Å²) in [6.07, 6.45) is 1.57. The van der Waals surface area contributed by atoms with Crippen LogP contribution in [0.1, 0.15) is 25.1 Å². The molecule has 74 valence electrons. The van der Waals surface area contributed by atoms with E-state index in [2.05, 4.69) is 10.2 Å². The van der Waals surface area contributed by atoms with Crippen molar-refractivity contribution in [1.82, 2.24) is 10.2 Å². The van der Waals surface area contributed by atoms with Gasteiger partial charge < -0.3 is 11.5 Å². The Morgan fingerprint density at radius 2 is 2.08 bits per heavy atom. The predicted molar refractivity (Wildman–Crippen MR) is 57.1 cm³/mol. The van der Waals surface area contributed by atoms with Gasteiger partial charge in [-0.1, -0.05) is 25.4 Å². The van der Waals surface area contributed by atoms with Gasteiger partial charge in [0, 0.05) is 11.3 Å². The molecule has 1 aromatic heterocycles. The first-order chi connectivity index (χ1) is 6.11. The molecule has 5 N–H and O–H groups in total. The third-order valence-corrected chi connectivity index (χ3v) is 1.42. The summed E-state index contributed by atoms with van der Waals surface area (Å²) in [4.78, 5) is 0. The van der Waals surface area contributed by atoms with E-state index in [-0.39, 0.29) is 5.16 Å². The molecule has 0 atom stereocenters. The molecule has 1 rings (SSSR count). The van der Waals surface area contributed by atoms with Crippen LogP contribution < -0.4 is 11.5 Å². The van der Waals surface area contributed by atoms with E-state index in [9.17, 15) is 0 Å². The molecule has 0 aromatic carbocycles. The average molecular weight is 203 g/mol. The van der Waals surface area contributed by atoms with E-state index in [4.69, 9.17) is 23.1 Å². The zero-order valence-corrected chi connectivity index (χ0v) is 8.81. The predicted octanol–water partition coefficient (Wildman–Crippen LogP) is 1.82. The van der Waals surface area contributed by atoms with Gasteiger partial charge in [-0.2, -0.15) is 5.10 Å². The number of H-pyrrole nitrogens is 1. The Labute approximate surface area is 83.0 Å². The highest BCUT2D eigenvalue weighted by molar-refractivity contribution is 6.31. The third-order valence-electron chi connectivity index (χ3n) is 1.31. The summed E-state index contributed by atoms with van der Waals surface area (Å²) >= 11 is 5.45. The van der Waals surface area contributed by atoms with Gasteiger partial charge in [0.2, 0.25) is 0 Å². The van der Waals surface area contributed by atoms with Gasteiger partial charge in [0.05, 0.1) is 5.16 Å². The molecule has 1 aromatic rings. The number of hydrogen-bond donors (Lipinski definition) is 3. The molecule has 5 heteroatoms. The number of anilines is 1. The lowest BCUT2D eigenvalue weighted by Gasteiger charge is -1.91. The maximum atomic E-state index is 5.49. The van der Waals surface area contributed by atoms with Crippen molar-refractivity contribution in [1.29, 1.82) is 0 Å². The first-order valence-corrected chi connectivity index (χ1v) is 4.42. The summed E-state index contributed by atoms with van der Waals surface area (Å²) in [5.41, 5.74) is 12.3. The smallest absolute Gasteiger partial charge is 0.152 e. The molecule has 0 spiro atoms. The quantitative estimate of drug-likeness (QED) is 0.608. The second-order valence-electron chi connectivity index (χ2n) is 2.18. The van der Waals surface area contributed by atoms with Gasteiger partial charge in [0.1, 0.15) is 0 Å². The van der Waals surface area contributed by atoms with E-state index >= 15 is 0 Å². The van der Waals surface area contributed by atoms with Crippen LogP contribution in [0.3, 0.4) is 0 Å². The van der Waals surface area contributed by atoms with Crippen LogP contribution in [0.2, 0.25) is 0 Å². The van der Waals surface area contributed by atoms with Crippen LogP contribution in [0.5, 0.6) is 0 Å². The van der Waals surface area contributed by atoms with E-state index in [0.29, 0.717) is 5.82 Å². The SMILES string of the molecule is CC.Cc1[nH]nc(N)c1/C=C(\N)Cl. The second kappa shape index (κ2) is 5.48. The molecule has 0 aliphatic carbocycles. The lowest BCUT2D eigenvalue weighted by molar-refractivity contribution is 1.05. The minimum Gasteiger partial charge on any atom is -0.389 e. The average Bonchev–Trinajstić information content (AvgIpc) is 2.39. The minimum atomic E-state index is 0.196. The van der Waals surface area contributed by atoms with Crippen molar-refractivity contribution < 1.29 is 0 Å². The molecule has 0 amide bonds. The number of nitrogens with two attached hydrogens (primary N) is 2. The Morgan fingerprint density at radius 1 is 1.54 bits per heavy atom. The van der Waals surface area contributed by atoms with Crippen molar-refractivity contribution >= 4 is 23.5 Å². The standard InChI is InChI=1S/C6H9ClN4.C2H6/c1-3-4(2-5(7)8)6(9)11-10-3;1-2/h2H,8H2,1H3,(H3,9,10,11);1-2H3/b5-2-;. The number of hydrogen-bond acceptors (Lipinski definition) is 3. The van der Waals surface area contributed by atoms with Gasteiger partial charge in [-0.15, -0.1) is 0 Å². The van der Waals surface area contributed by atoms with Gasteiger partial charge in [0.15, 0.2) is 5.82 Å². The topological polar surface area (TPSA) is 80.7 Å². The fourth-order valence-electron chi connectivity index (χ4n) is 0.777. The van der Waals surface area contributed by atoms with Gasteiger partial charge in [0.25, 0.3) is 0 Å². The Bertz CT molecular complexity index is 267. The van der Waals surface area contributed by atoms with Crippen molar-refractivity contribution in [2.45, 2.75) is 20.8 Å². The van der Waals surface area contributed by atoms with E-state index in [1.54, 1.807) is 6.08 Å². The second-order valence-corrected chi connectivity index (χ2v) is 2.61. The molecule has 4 nitrogen and oxygen atoms in total. The molecule has 1 heterocycles. The van der Waals surface area contributed by atoms with Crippen LogP contribution in [0, 0.1) is 6.92 Å². The number of rotatable bonds is 1. The van der Waals surface area contributed by atoms with E-state index in [0.717, 1.165) is 11.3 Å². The Hall–Kier alpha value is -1.16. The molecular formula is C8H15ClN4. The van der Waals surface area contributed by atoms with E-state index in [1.165, 1.54) is 0 Å². The number of aryl methyl sites for hydroxylation is 1. The number of nitrogens with one attached hydrogen (secondary N) is 1. The highest BCUT2D eigenvalue weighted by Gasteiger charge is 2.03. The summed E-state index contributed by atoms with van der Waals surface area (Å²) in [6, 6.07) is 0. The van der Waals surface area contributed by atoms with Gasteiger partial charge in [-0.05, 0) is 13.0 Å². The maximum absolute atomic E-state index is 5.49. The fourth-order valence-corrected chi connectivity index (χ4v) is 0.886. The molecule has 0 aliphatic heterocycles. The molecule has 0 fully saturated rings. The van der Waals surface area contributed by atoms with Crippen molar-refractivity contribution in [2.24, 2.45) is 5.73 Å². The first-order valence-electron chi connectivity index (χ1n) is 4.04. The highest BCUT2D eigenvalue weighted by atomic mass is 35.5. The molecule has 13 heavy (non-hydrogen) atoms. The summed E-state index contributed by atoms with van der Waals surface area (Å²) in [5.74, 6) is 0.408. The monoisotopic (exact) mass is 202 g/mol. The van der Waals surface area contributed by atoms with Gasteiger partial charge in [-0.25, -0.2) is 0 Å². The van der Waals surface area contributed by atoms with E-state index < -0.39 is 0 Å². The normalized spacial score (nSPS) is 10.6. The lowest BCUT2D eigenvalue weighted by Crippen LogP contribution is -1.91. The zero-order chi connectivity index (χ0) is 10.4. The molecule has 0 unspecified atom stereocenters. The zero-order valence-electron chi connectivity index (χ0n) is 8.06. The molecule has 0 radical (unpaired) electrons. The molecule has 0 saturated carbocycles. The fraction of sp³-hybridized carbons (Fsp3) is 0.375. The number of aromatic nitrogens is 2. The lowest BCUT2D eigenvalue weighted by atomic mass is 10.2. The number of halogens is 1. The first kappa shape index (κ1) is 11.8. The molecule has 0 bridgehead atoms. The largest absolute Gasteiger partial charge is 0.389 e. The summed E-state index contributed by atoms with van der Waals surface area (Å²) in [5, 5.41) is 6.67. The minimum absolute atomic E-state index is 0.196. The van der Waals surface area contributed by atoms with Crippen molar-refractivity contribution in [3.63, 3.8) is 0 Å². The summed E-state index contributed by atoms with van der Waals surface area (Å²) in [7, 11) is 0. The highest BCUT2D eigenvalue weighted by Crippen LogP contribution is 2.15. The third kappa shape index (κ3) is 3.38. The molecule has 0 aliphatic rings. The Balaban J connectivity index is 0.000000671. The van der Waals surface area contributed by atoms with Crippen molar-refractivity contribution in [3.05, 3.63) is 16.4 Å². The number of nitrogens with zero attached hydrogens (tertiary/aromatic N) is 1. The van der Waals surface area contributed by atoms with Crippen LogP contribution in [0.4, 0.5) is 5.82 Å². The Kier molecular flexibility index (Phi) is 4.99. The van der Waals surface area contributed by atoms with Gasteiger partial charge in [-0.3, -0.25) is 5.10 Å². The number of nitrogen functional groups attached to an aromatic ring is 1. The summed E-state index contributed by atoms with van der Waals surface area (Å²) in [6.45, 7) is 5.84. The van der Waals surface area contributed by atoms with Crippen LogP contribution >= 0.6 is 11.6 Å².